The molecule has 18 heteroatoms. The molecule has 16 nitrogen and oxygen atoms in total. The van der Waals surface area contributed by atoms with Crippen LogP contribution in [0.5, 0.6) is 0 Å². The number of aromatic carboxylic acids is 2. The van der Waals surface area contributed by atoms with Crippen molar-refractivity contribution in [1.82, 2.24) is 39.7 Å². The summed E-state index contributed by atoms with van der Waals surface area (Å²) in [7, 11) is 0. The average molecular weight is 834 g/mol. The zero-order valence-corrected chi connectivity index (χ0v) is 33.8. The molecule has 0 fully saturated rings. The van der Waals surface area contributed by atoms with Crippen LogP contribution in [0, 0.1) is 6.92 Å². The van der Waals surface area contributed by atoms with Gasteiger partial charge in [-0.05, 0) is 80.1 Å². The van der Waals surface area contributed by atoms with Gasteiger partial charge >= 0.3 is 24.1 Å². The van der Waals surface area contributed by atoms with Crippen LogP contribution in [-0.2, 0) is 29.2 Å². The highest BCUT2D eigenvalue weighted by Gasteiger charge is 2.26. The smallest absolute Gasteiger partial charge is 0.407 e. The fourth-order valence-electron chi connectivity index (χ4n) is 6.06. The van der Waals surface area contributed by atoms with E-state index in [4.69, 9.17) is 32.7 Å². The van der Waals surface area contributed by atoms with E-state index < -0.39 is 29.7 Å². The number of ether oxygens (including phenoxy) is 2. The molecule has 2 amide bonds. The molecule has 0 saturated carbocycles. The van der Waals surface area contributed by atoms with Gasteiger partial charge in [-0.2, -0.15) is 9.97 Å². The number of hydrogen-bond donors (Lipinski definition) is 4. The van der Waals surface area contributed by atoms with Crippen LogP contribution >= 0.6 is 23.2 Å². The van der Waals surface area contributed by atoms with Crippen molar-refractivity contribution in [1.29, 1.82) is 0 Å². The molecule has 0 aliphatic rings. The van der Waals surface area contributed by atoms with Gasteiger partial charge in [0.1, 0.15) is 34.9 Å². The highest BCUT2D eigenvalue weighted by molar-refractivity contribution is 6.29. The van der Waals surface area contributed by atoms with Gasteiger partial charge in [-0.3, -0.25) is 0 Å². The molecule has 0 bridgehead atoms. The third-order valence-corrected chi connectivity index (χ3v) is 9.01. The number of carbonyl (C=O) groups excluding carboxylic acids is 2. The topological polar surface area (TPSA) is 213 Å². The quantitative estimate of drug-likeness (QED) is 0.0871. The van der Waals surface area contributed by atoms with Crippen molar-refractivity contribution in [3.8, 4) is 11.1 Å². The van der Waals surface area contributed by atoms with Crippen molar-refractivity contribution < 1.29 is 38.9 Å². The van der Waals surface area contributed by atoms with Crippen LogP contribution in [0.2, 0.25) is 10.6 Å². The van der Waals surface area contributed by atoms with Gasteiger partial charge in [0, 0.05) is 54.4 Å². The molecule has 1 unspecified atom stereocenters. The number of carboxylic acids is 2. The summed E-state index contributed by atoms with van der Waals surface area (Å²) in [5.41, 5.74) is 3.34. The van der Waals surface area contributed by atoms with Crippen molar-refractivity contribution in [3.63, 3.8) is 0 Å². The van der Waals surface area contributed by atoms with Gasteiger partial charge in [0.15, 0.2) is 0 Å². The lowest BCUT2D eigenvalue weighted by Gasteiger charge is -2.19. The first-order valence-corrected chi connectivity index (χ1v) is 18.8. The number of alkyl carbamates (subject to hydrolysis) is 2. The second kappa shape index (κ2) is 18.8. The SMILES string of the molecule is CCC(Cn1c(C(=O)O)cc2cnc(Cl)nc21)NC(=O)OCc1ccccc1.Cc1ccccc1-c1c(C(=O)O)n(CCNC(=O)OC(C)(C)C)c2nc(Cl)ncc12. The van der Waals surface area contributed by atoms with Crippen LogP contribution in [0.25, 0.3) is 33.2 Å². The number of aromatic nitrogens is 6. The maximum Gasteiger partial charge on any atom is 0.407 e. The molecule has 0 aliphatic heterocycles. The van der Waals surface area contributed by atoms with E-state index >= 15 is 0 Å². The Morgan fingerprint density at radius 2 is 1.52 bits per heavy atom. The summed E-state index contributed by atoms with van der Waals surface area (Å²) in [5, 5.41) is 26.1. The molecule has 4 heterocycles. The Morgan fingerprint density at radius 3 is 2.16 bits per heavy atom. The predicted molar refractivity (Wildman–Crippen MR) is 217 cm³/mol. The summed E-state index contributed by atoms with van der Waals surface area (Å²) in [6.45, 7) is 9.76. The number of nitrogens with one attached hydrogen (secondary N) is 2. The molecule has 2 aromatic carbocycles. The maximum atomic E-state index is 12.3. The molecule has 0 spiro atoms. The zero-order chi connectivity index (χ0) is 42.1. The van der Waals surface area contributed by atoms with Crippen molar-refractivity contribution in [2.45, 2.75) is 72.4 Å². The number of rotatable bonds is 12. The van der Waals surface area contributed by atoms with E-state index in [0.717, 1.165) is 16.7 Å². The van der Waals surface area contributed by atoms with E-state index in [1.54, 1.807) is 20.8 Å². The molecule has 0 saturated heterocycles. The largest absolute Gasteiger partial charge is 0.477 e. The summed E-state index contributed by atoms with van der Waals surface area (Å²) in [4.78, 5) is 64.3. The number of halogens is 2. The Hall–Kier alpha value is -6.26. The summed E-state index contributed by atoms with van der Waals surface area (Å²) in [6, 6.07) is 18.0. The standard InChI is InChI=1S/C21H23ClN4O4.C19H19ClN4O4/c1-12-7-5-6-8-13(12)15-14-11-24-19(22)25-17(14)26(16(15)18(27)28)10-9-23-20(29)30-21(2,3)4;1-2-14(22-19(27)28-11-12-6-4-3-5-7-12)10-24-15(17(25)26)8-13-9-21-18(20)23-16(13)24/h5-8,11H,9-10H2,1-4H3,(H,23,29)(H,27,28);3-9,14H,2,10-11H2,1H3,(H,22,27)(H,25,26). The van der Waals surface area contributed by atoms with E-state index in [0.29, 0.717) is 34.1 Å². The first-order chi connectivity index (χ1) is 27.6. The second-order valence-corrected chi connectivity index (χ2v) is 14.7. The lowest BCUT2D eigenvalue weighted by molar-refractivity contribution is 0.0525. The minimum Gasteiger partial charge on any atom is -0.477 e. The fourth-order valence-corrected chi connectivity index (χ4v) is 6.32. The van der Waals surface area contributed by atoms with Gasteiger partial charge < -0.3 is 39.5 Å². The molecule has 6 rings (SSSR count). The number of carbonyl (C=O) groups is 4. The van der Waals surface area contributed by atoms with Crippen LogP contribution < -0.4 is 10.6 Å². The highest BCUT2D eigenvalue weighted by atomic mass is 35.5. The predicted octanol–water partition coefficient (Wildman–Crippen LogP) is 7.77. The third-order valence-electron chi connectivity index (χ3n) is 8.65. The van der Waals surface area contributed by atoms with Crippen molar-refractivity contribution >= 4 is 69.4 Å². The lowest BCUT2D eigenvalue weighted by Crippen LogP contribution is -2.38. The van der Waals surface area contributed by atoms with Crippen LogP contribution in [0.3, 0.4) is 0 Å². The fraction of sp³-hybridized carbons (Fsp3) is 0.300. The molecule has 58 heavy (non-hydrogen) atoms. The first kappa shape index (κ1) is 42.9. The van der Waals surface area contributed by atoms with Gasteiger partial charge in [0.25, 0.3) is 0 Å². The van der Waals surface area contributed by atoms with E-state index in [9.17, 15) is 29.4 Å². The van der Waals surface area contributed by atoms with Gasteiger partial charge in [-0.15, -0.1) is 0 Å². The summed E-state index contributed by atoms with van der Waals surface area (Å²) in [5.74, 6) is -2.21. The summed E-state index contributed by atoms with van der Waals surface area (Å²) in [6.07, 6.45) is 2.41. The van der Waals surface area contributed by atoms with Crippen molar-refractivity contribution in [2.24, 2.45) is 0 Å². The van der Waals surface area contributed by atoms with Crippen LogP contribution in [0.4, 0.5) is 9.59 Å². The Labute approximate surface area is 343 Å². The number of aryl methyl sites for hydroxylation is 1. The van der Waals surface area contributed by atoms with Gasteiger partial charge in [0.05, 0.1) is 0 Å². The molecule has 4 aromatic heterocycles. The molecule has 1 atom stereocenters. The lowest BCUT2D eigenvalue weighted by atomic mass is 9.98. The number of fused-ring (bicyclic) bond motifs is 2. The summed E-state index contributed by atoms with van der Waals surface area (Å²) < 4.78 is 13.5. The molecule has 4 N–H and O–H groups in total. The maximum absolute atomic E-state index is 12.3. The first-order valence-electron chi connectivity index (χ1n) is 18.1. The Bertz CT molecular complexity index is 2450. The summed E-state index contributed by atoms with van der Waals surface area (Å²) >= 11 is 11.9. The van der Waals surface area contributed by atoms with E-state index in [-0.39, 0.29) is 54.2 Å². The van der Waals surface area contributed by atoms with Crippen molar-refractivity contribution in [3.05, 3.63) is 106 Å². The third kappa shape index (κ3) is 10.8. The molecule has 304 valence electrons. The normalized spacial score (nSPS) is 11.7. The van der Waals surface area contributed by atoms with Crippen LogP contribution in [0.1, 0.15) is 66.2 Å². The van der Waals surface area contributed by atoms with Crippen LogP contribution in [-0.4, -0.2) is 81.6 Å². The molecule has 0 radical (unpaired) electrons. The van der Waals surface area contributed by atoms with E-state index in [1.165, 1.54) is 27.6 Å². The van der Waals surface area contributed by atoms with Gasteiger partial charge in [0.2, 0.25) is 10.6 Å². The Kier molecular flexibility index (Phi) is 13.9. The highest BCUT2D eigenvalue weighted by Crippen LogP contribution is 2.36. The molecule has 0 aliphatic carbocycles. The number of benzene rings is 2. The minimum atomic E-state index is -1.11. The average Bonchev–Trinajstić information content (AvgIpc) is 3.68. The zero-order valence-electron chi connectivity index (χ0n) is 32.3. The number of nitrogens with zero attached hydrogens (tertiary/aromatic N) is 6. The molecular weight excluding hydrogens is 791 g/mol. The van der Waals surface area contributed by atoms with Gasteiger partial charge in [-0.1, -0.05) is 61.5 Å². The number of amides is 2. The van der Waals surface area contributed by atoms with Gasteiger partial charge in [-0.25, -0.2) is 29.1 Å². The number of hydrogen-bond acceptors (Lipinski definition) is 10. The second-order valence-electron chi connectivity index (χ2n) is 14.0. The Balaban J connectivity index is 0.000000221. The van der Waals surface area contributed by atoms with E-state index in [1.807, 2.05) is 68.4 Å². The molecular formula is C40H42Cl2N8O8. The number of carboxylic acid groups (broad SMARTS) is 2. The monoisotopic (exact) mass is 832 g/mol. The van der Waals surface area contributed by atoms with E-state index in [2.05, 4.69) is 30.6 Å². The molecule has 6 aromatic rings. The minimum absolute atomic E-state index is 0.00891. The Morgan fingerprint density at radius 1 is 0.862 bits per heavy atom. The van der Waals surface area contributed by atoms with Crippen LogP contribution in [0.15, 0.2) is 73.1 Å². The van der Waals surface area contributed by atoms with Crippen molar-refractivity contribution in [2.75, 3.05) is 6.54 Å².